The predicted octanol–water partition coefficient (Wildman–Crippen LogP) is 4.26. The van der Waals surface area contributed by atoms with Crippen molar-refractivity contribution < 1.29 is 9.52 Å². The minimum Gasteiger partial charge on any atom is -0.467 e. The molecular weight excluding hydrogens is 318 g/mol. The predicted molar refractivity (Wildman–Crippen MR) is 82.7 cm³/mol. The lowest BCUT2D eigenvalue weighted by atomic mass is 10.1. The van der Waals surface area contributed by atoms with Gasteiger partial charge >= 0.3 is 0 Å². The number of nitrogens with zero attached hydrogens (tertiary/aromatic N) is 1. The molecule has 1 aliphatic rings. The van der Waals surface area contributed by atoms with Crippen LogP contribution in [0.15, 0.2) is 45.5 Å². The molecule has 1 aliphatic carbocycles. The van der Waals surface area contributed by atoms with Crippen LogP contribution >= 0.6 is 15.9 Å². The molecule has 1 unspecified atom stereocenters. The molecule has 0 spiro atoms. The summed E-state index contributed by atoms with van der Waals surface area (Å²) >= 11 is 3.55. The van der Waals surface area contributed by atoms with Crippen molar-refractivity contribution in [2.75, 3.05) is 4.90 Å². The smallest absolute Gasteiger partial charge is 0.123 e. The van der Waals surface area contributed by atoms with E-state index in [-0.39, 0.29) is 0 Å². The second-order valence-corrected chi connectivity index (χ2v) is 6.17. The van der Waals surface area contributed by atoms with Gasteiger partial charge in [-0.25, -0.2) is 0 Å². The van der Waals surface area contributed by atoms with Gasteiger partial charge in [0.15, 0.2) is 0 Å². The summed E-state index contributed by atoms with van der Waals surface area (Å²) in [6, 6.07) is 10.7. The molecule has 20 heavy (non-hydrogen) atoms. The fourth-order valence-corrected chi connectivity index (χ4v) is 3.12. The van der Waals surface area contributed by atoms with Gasteiger partial charge in [0.25, 0.3) is 0 Å². The van der Waals surface area contributed by atoms with E-state index in [1.807, 2.05) is 18.2 Å². The Morgan fingerprint density at radius 2 is 2.20 bits per heavy atom. The number of anilines is 1. The Hall–Kier alpha value is -1.26. The quantitative estimate of drug-likeness (QED) is 0.886. The van der Waals surface area contributed by atoms with Crippen LogP contribution in [-0.2, 0) is 6.54 Å². The third-order valence-corrected chi connectivity index (χ3v) is 4.35. The molecule has 1 aromatic carbocycles. The van der Waals surface area contributed by atoms with Crippen molar-refractivity contribution in [1.29, 1.82) is 0 Å². The van der Waals surface area contributed by atoms with E-state index < -0.39 is 6.10 Å². The van der Waals surface area contributed by atoms with Crippen LogP contribution in [0.3, 0.4) is 0 Å². The van der Waals surface area contributed by atoms with Crippen molar-refractivity contribution in [3.8, 4) is 0 Å². The molecule has 2 aromatic rings. The third-order valence-electron chi connectivity index (χ3n) is 3.66. The molecule has 0 radical (unpaired) electrons. The summed E-state index contributed by atoms with van der Waals surface area (Å²) in [7, 11) is 0. The van der Waals surface area contributed by atoms with Crippen molar-refractivity contribution in [2.45, 2.75) is 38.5 Å². The highest BCUT2D eigenvalue weighted by Gasteiger charge is 2.30. The second-order valence-electron chi connectivity index (χ2n) is 5.32. The molecule has 0 saturated heterocycles. The Kier molecular flexibility index (Phi) is 3.85. The number of benzene rings is 1. The number of furan rings is 1. The molecule has 1 N–H and O–H groups in total. The minimum absolute atomic E-state index is 0.460. The largest absolute Gasteiger partial charge is 0.467 e. The average molecular weight is 336 g/mol. The zero-order chi connectivity index (χ0) is 14.1. The summed E-state index contributed by atoms with van der Waals surface area (Å²) in [5.41, 5.74) is 2.09. The number of aliphatic hydroxyl groups is 1. The number of hydrogen-bond donors (Lipinski definition) is 1. The standard InChI is InChI=1S/C16H18BrNO2/c1-11(19)15-7-6-13(9-16(15)17)18(12-4-5-12)10-14-3-2-8-20-14/h2-3,6-9,11-12,19H,4-5,10H2,1H3. The molecule has 0 bridgehead atoms. The highest BCUT2D eigenvalue weighted by molar-refractivity contribution is 9.10. The van der Waals surface area contributed by atoms with Gasteiger partial charge in [0, 0.05) is 16.2 Å². The van der Waals surface area contributed by atoms with Crippen LogP contribution in [0.1, 0.15) is 37.2 Å². The Morgan fingerprint density at radius 3 is 2.75 bits per heavy atom. The summed E-state index contributed by atoms with van der Waals surface area (Å²) in [6.07, 6.45) is 3.72. The summed E-state index contributed by atoms with van der Waals surface area (Å²) < 4.78 is 6.42. The van der Waals surface area contributed by atoms with Crippen molar-refractivity contribution in [3.63, 3.8) is 0 Å². The number of halogens is 1. The van der Waals surface area contributed by atoms with Gasteiger partial charge in [-0.1, -0.05) is 22.0 Å². The first-order valence-corrected chi connectivity index (χ1v) is 7.71. The van der Waals surface area contributed by atoms with E-state index in [9.17, 15) is 5.11 Å². The fourth-order valence-electron chi connectivity index (χ4n) is 2.42. The summed E-state index contributed by atoms with van der Waals surface area (Å²) in [5, 5.41) is 9.70. The maximum atomic E-state index is 9.70. The monoisotopic (exact) mass is 335 g/mol. The van der Waals surface area contributed by atoms with Crippen molar-refractivity contribution in [2.24, 2.45) is 0 Å². The van der Waals surface area contributed by atoms with Crippen LogP contribution < -0.4 is 4.90 Å². The maximum absolute atomic E-state index is 9.70. The van der Waals surface area contributed by atoms with Gasteiger partial charge in [-0.3, -0.25) is 0 Å². The Morgan fingerprint density at radius 1 is 1.40 bits per heavy atom. The summed E-state index contributed by atoms with van der Waals surface area (Å²) in [4.78, 5) is 2.37. The van der Waals surface area contributed by atoms with Crippen LogP contribution in [0.4, 0.5) is 5.69 Å². The zero-order valence-electron chi connectivity index (χ0n) is 11.4. The molecule has 3 nitrogen and oxygen atoms in total. The van der Waals surface area contributed by atoms with E-state index >= 15 is 0 Å². The van der Waals surface area contributed by atoms with Gasteiger partial charge in [-0.05, 0) is 49.6 Å². The molecule has 4 heteroatoms. The first-order valence-electron chi connectivity index (χ1n) is 6.91. The van der Waals surface area contributed by atoms with E-state index in [0.29, 0.717) is 6.04 Å². The van der Waals surface area contributed by atoms with E-state index in [4.69, 9.17) is 4.42 Å². The van der Waals surface area contributed by atoms with Gasteiger partial charge in [0.1, 0.15) is 5.76 Å². The number of hydrogen-bond acceptors (Lipinski definition) is 3. The van der Waals surface area contributed by atoms with E-state index in [1.165, 1.54) is 18.5 Å². The maximum Gasteiger partial charge on any atom is 0.123 e. The van der Waals surface area contributed by atoms with Gasteiger partial charge in [-0.2, -0.15) is 0 Å². The minimum atomic E-state index is -0.460. The Bertz CT molecular complexity index is 576. The van der Waals surface area contributed by atoms with Gasteiger partial charge in [-0.15, -0.1) is 0 Å². The normalized spacial score (nSPS) is 16.1. The van der Waals surface area contributed by atoms with Crippen LogP contribution in [0.25, 0.3) is 0 Å². The van der Waals surface area contributed by atoms with Crippen LogP contribution in [-0.4, -0.2) is 11.1 Å². The van der Waals surface area contributed by atoms with Crippen molar-refractivity contribution in [1.82, 2.24) is 0 Å². The fraction of sp³-hybridized carbons (Fsp3) is 0.375. The second kappa shape index (κ2) is 5.62. The molecule has 1 aromatic heterocycles. The number of aliphatic hydroxyl groups excluding tert-OH is 1. The molecular formula is C16H18BrNO2. The zero-order valence-corrected chi connectivity index (χ0v) is 13.0. The van der Waals surface area contributed by atoms with E-state index in [2.05, 4.69) is 33.0 Å². The molecule has 1 atom stereocenters. The highest BCUT2D eigenvalue weighted by atomic mass is 79.9. The molecule has 1 heterocycles. The van der Waals surface area contributed by atoms with Crippen LogP contribution in [0.5, 0.6) is 0 Å². The molecule has 0 aliphatic heterocycles. The van der Waals surface area contributed by atoms with Crippen molar-refractivity contribution in [3.05, 3.63) is 52.4 Å². The first-order chi connectivity index (χ1) is 9.65. The molecule has 106 valence electrons. The lowest BCUT2D eigenvalue weighted by molar-refractivity contribution is 0.198. The molecule has 1 saturated carbocycles. The SMILES string of the molecule is CC(O)c1ccc(N(Cc2ccco2)C2CC2)cc1Br. The van der Waals surface area contributed by atoms with Gasteiger partial charge < -0.3 is 14.4 Å². The number of rotatable bonds is 5. The van der Waals surface area contributed by atoms with E-state index in [1.54, 1.807) is 13.2 Å². The highest BCUT2D eigenvalue weighted by Crippen LogP contribution is 2.36. The summed E-state index contributed by atoms with van der Waals surface area (Å²) in [6.45, 7) is 2.57. The molecule has 1 fully saturated rings. The van der Waals surface area contributed by atoms with Gasteiger partial charge in [0.2, 0.25) is 0 Å². The molecule has 3 rings (SSSR count). The lowest BCUT2D eigenvalue weighted by Crippen LogP contribution is -2.24. The average Bonchev–Trinajstić information content (AvgIpc) is 3.12. The molecule has 0 amide bonds. The Labute approximate surface area is 127 Å². The first kappa shape index (κ1) is 13.7. The van der Waals surface area contributed by atoms with Crippen LogP contribution in [0.2, 0.25) is 0 Å². The van der Waals surface area contributed by atoms with Crippen molar-refractivity contribution >= 4 is 21.6 Å². The van der Waals surface area contributed by atoms with E-state index in [0.717, 1.165) is 22.3 Å². The third kappa shape index (κ3) is 2.91. The van der Waals surface area contributed by atoms with Gasteiger partial charge in [0.05, 0.1) is 18.9 Å². The topological polar surface area (TPSA) is 36.6 Å². The summed E-state index contributed by atoms with van der Waals surface area (Å²) in [5.74, 6) is 0.979. The van der Waals surface area contributed by atoms with Crippen LogP contribution in [0, 0.1) is 0 Å². The lowest BCUT2D eigenvalue weighted by Gasteiger charge is -2.24. The Balaban J connectivity index is 1.86.